The molecule has 0 radical (unpaired) electrons. The van der Waals surface area contributed by atoms with E-state index in [1.165, 1.54) is 0 Å². The highest BCUT2D eigenvalue weighted by Crippen LogP contribution is 2.29. The number of aliphatic hydroxyl groups is 1. The lowest BCUT2D eigenvalue weighted by Crippen LogP contribution is -2.58. The van der Waals surface area contributed by atoms with E-state index in [4.69, 9.17) is 0 Å². The Bertz CT molecular complexity index is 193. The van der Waals surface area contributed by atoms with Crippen molar-refractivity contribution < 1.29 is 9.90 Å². The van der Waals surface area contributed by atoms with Crippen molar-refractivity contribution in [3.05, 3.63) is 0 Å². The first-order chi connectivity index (χ1) is 5.18. The normalized spacial score (nSPS) is 44.1. The van der Waals surface area contributed by atoms with Crippen LogP contribution in [0.4, 0.5) is 0 Å². The molecule has 11 heavy (non-hydrogen) atoms. The standard InChI is InChI=1S/C8H13NO2/c10-7-4-6-2-1-3-8(11,5-7)9-6/h6,9,11H,1-5H2/t6-,8-/m0/s1. The Hall–Kier alpha value is -0.410. The van der Waals surface area contributed by atoms with E-state index in [1.807, 2.05) is 0 Å². The van der Waals surface area contributed by atoms with Crippen LogP contribution in [0.3, 0.4) is 0 Å². The van der Waals surface area contributed by atoms with Crippen molar-refractivity contribution in [2.75, 3.05) is 0 Å². The van der Waals surface area contributed by atoms with Crippen molar-refractivity contribution in [2.24, 2.45) is 0 Å². The Balaban J connectivity index is 2.15. The van der Waals surface area contributed by atoms with Crippen LogP contribution in [0.1, 0.15) is 32.1 Å². The van der Waals surface area contributed by atoms with E-state index < -0.39 is 5.72 Å². The van der Waals surface area contributed by atoms with Crippen LogP contribution in [0.2, 0.25) is 0 Å². The quantitative estimate of drug-likeness (QED) is 0.524. The lowest BCUT2D eigenvalue weighted by atomic mass is 9.83. The van der Waals surface area contributed by atoms with Crippen molar-refractivity contribution >= 4 is 5.78 Å². The molecule has 0 aromatic carbocycles. The molecule has 0 spiro atoms. The largest absolute Gasteiger partial charge is 0.375 e. The molecule has 2 aliphatic heterocycles. The summed E-state index contributed by atoms with van der Waals surface area (Å²) >= 11 is 0. The van der Waals surface area contributed by atoms with Gasteiger partial charge in [0.15, 0.2) is 0 Å². The zero-order valence-corrected chi connectivity index (χ0v) is 6.47. The van der Waals surface area contributed by atoms with Crippen LogP contribution < -0.4 is 5.32 Å². The minimum absolute atomic E-state index is 0.205. The average molecular weight is 155 g/mol. The predicted molar refractivity (Wildman–Crippen MR) is 40.0 cm³/mol. The molecule has 62 valence electrons. The van der Waals surface area contributed by atoms with Crippen LogP contribution in [-0.4, -0.2) is 22.7 Å². The average Bonchev–Trinajstić information content (AvgIpc) is 1.82. The molecule has 2 atom stereocenters. The van der Waals surface area contributed by atoms with E-state index in [2.05, 4.69) is 5.32 Å². The molecular formula is C8H13NO2. The number of hydrogen-bond donors (Lipinski definition) is 2. The molecule has 2 heterocycles. The molecule has 2 bridgehead atoms. The van der Waals surface area contributed by atoms with Gasteiger partial charge in [-0.15, -0.1) is 0 Å². The van der Waals surface area contributed by atoms with E-state index in [9.17, 15) is 9.90 Å². The van der Waals surface area contributed by atoms with Crippen LogP contribution >= 0.6 is 0 Å². The van der Waals surface area contributed by atoms with Crippen molar-refractivity contribution in [1.82, 2.24) is 5.32 Å². The monoisotopic (exact) mass is 155 g/mol. The number of piperidine rings is 2. The predicted octanol–water partition coefficient (Wildman–Crippen LogP) is 0.180. The van der Waals surface area contributed by atoms with Crippen LogP contribution in [0.25, 0.3) is 0 Å². The molecule has 0 aliphatic carbocycles. The highest BCUT2D eigenvalue weighted by Gasteiger charge is 2.40. The summed E-state index contributed by atoms with van der Waals surface area (Å²) in [5.74, 6) is 0.205. The van der Waals surface area contributed by atoms with Gasteiger partial charge in [-0.1, -0.05) is 0 Å². The first-order valence-corrected chi connectivity index (χ1v) is 4.20. The summed E-state index contributed by atoms with van der Waals surface area (Å²) < 4.78 is 0. The molecular weight excluding hydrogens is 142 g/mol. The van der Waals surface area contributed by atoms with Gasteiger partial charge in [0.25, 0.3) is 0 Å². The van der Waals surface area contributed by atoms with Crippen LogP contribution in [0, 0.1) is 0 Å². The highest BCUT2D eigenvalue weighted by molar-refractivity contribution is 5.81. The van der Waals surface area contributed by atoms with Crippen molar-refractivity contribution in [1.29, 1.82) is 0 Å². The molecule has 0 unspecified atom stereocenters. The minimum Gasteiger partial charge on any atom is -0.375 e. The van der Waals surface area contributed by atoms with Gasteiger partial charge in [-0.2, -0.15) is 0 Å². The maximum Gasteiger partial charge on any atom is 0.138 e. The highest BCUT2D eigenvalue weighted by atomic mass is 16.3. The molecule has 3 heteroatoms. The van der Waals surface area contributed by atoms with Gasteiger partial charge in [-0.25, -0.2) is 0 Å². The molecule has 0 amide bonds. The zero-order valence-electron chi connectivity index (χ0n) is 6.47. The number of carbonyl (C=O) groups excluding carboxylic acids is 1. The van der Waals surface area contributed by atoms with Gasteiger partial charge in [0.2, 0.25) is 0 Å². The molecule has 2 N–H and O–H groups in total. The summed E-state index contributed by atoms with van der Waals surface area (Å²) in [4.78, 5) is 11.1. The zero-order chi connectivity index (χ0) is 7.90. The third kappa shape index (κ3) is 1.30. The summed E-state index contributed by atoms with van der Waals surface area (Å²) in [5.41, 5.74) is -0.849. The molecule has 3 nitrogen and oxygen atoms in total. The van der Waals surface area contributed by atoms with Crippen LogP contribution in [0.5, 0.6) is 0 Å². The van der Waals surface area contributed by atoms with Gasteiger partial charge in [0.05, 0.1) is 0 Å². The fraction of sp³-hybridized carbons (Fsp3) is 0.875. The van der Waals surface area contributed by atoms with Crippen molar-refractivity contribution in [3.63, 3.8) is 0 Å². The lowest BCUT2D eigenvalue weighted by Gasteiger charge is -2.41. The molecule has 0 aromatic rings. The smallest absolute Gasteiger partial charge is 0.138 e. The van der Waals surface area contributed by atoms with E-state index in [-0.39, 0.29) is 11.8 Å². The number of fused-ring (bicyclic) bond motifs is 2. The maximum absolute atomic E-state index is 11.1. The van der Waals surface area contributed by atoms with Gasteiger partial charge >= 0.3 is 0 Å². The van der Waals surface area contributed by atoms with Gasteiger partial charge in [-0.05, 0) is 19.3 Å². The molecule has 2 fully saturated rings. The summed E-state index contributed by atoms with van der Waals surface area (Å²) in [6.45, 7) is 0. The van der Waals surface area contributed by atoms with Gasteiger partial charge in [0.1, 0.15) is 11.5 Å². The molecule has 2 aliphatic rings. The molecule has 0 saturated carbocycles. The number of carbonyl (C=O) groups is 1. The summed E-state index contributed by atoms with van der Waals surface area (Å²) in [7, 11) is 0. The van der Waals surface area contributed by atoms with Crippen molar-refractivity contribution in [3.8, 4) is 0 Å². The Morgan fingerprint density at radius 2 is 2.45 bits per heavy atom. The first-order valence-electron chi connectivity index (χ1n) is 4.20. The van der Waals surface area contributed by atoms with E-state index in [1.54, 1.807) is 0 Å². The van der Waals surface area contributed by atoms with Crippen LogP contribution in [0.15, 0.2) is 0 Å². The second-order valence-corrected chi connectivity index (χ2v) is 3.68. The number of nitrogens with one attached hydrogen (secondary N) is 1. The Morgan fingerprint density at radius 1 is 1.64 bits per heavy atom. The van der Waals surface area contributed by atoms with E-state index in [0.717, 1.165) is 19.3 Å². The van der Waals surface area contributed by atoms with E-state index >= 15 is 0 Å². The second kappa shape index (κ2) is 2.29. The molecule has 0 aromatic heterocycles. The Kier molecular flexibility index (Phi) is 1.51. The lowest BCUT2D eigenvalue weighted by molar-refractivity contribution is -0.135. The Labute approximate surface area is 65.8 Å². The van der Waals surface area contributed by atoms with Gasteiger partial charge < -0.3 is 5.11 Å². The topological polar surface area (TPSA) is 49.3 Å². The van der Waals surface area contributed by atoms with Gasteiger partial charge in [0, 0.05) is 18.9 Å². The Morgan fingerprint density at radius 3 is 3.18 bits per heavy atom. The molecule has 2 saturated heterocycles. The van der Waals surface area contributed by atoms with Crippen molar-refractivity contribution in [2.45, 2.75) is 43.9 Å². The fourth-order valence-corrected chi connectivity index (χ4v) is 2.13. The summed E-state index contributed by atoms with van der Waals surface area (Å²) in [6, 6.07) is 0.245. The minimum atomic E-state index is -0.849. The molecule has 2 rings (SSSR count). The van der Waals surface area contributed by atoms with Gasteiger partial charge in [-0.3, -0.25) is 10.1 Å². The number of Topliss-reactive ketones (excluding diaryl/α,β-unsaturated/α-hetero) is 1. The summed E-state index contributed by atoms with van der Waals surface area (Å²) in [5, 5.41) is 12.8. The maximum atomic E-state index is 11.1. The van der Waals surface area contributed by atoms with E-state index in [0.29, 0.717) is 12.8 Å². The third-order valence-electron chi connectivity index (χ3n) is 2.58. The number of rotatable bonds is 0. The number of hydrogen-bond acceptors (Lipinski definition) is 3. The second-order valence-electron chi connectivity index (χ2n) is 3.68. The SMILES string of the molecule is O=C1C[C@@H]2CCC[C@](O)(C1)N2. The number of ketones is 1. The fourth-order valence-electron chi connectivity index (χ4n) is 2.13. The third-order valence-corrected chi connectivity index (χ3v) is 2.58. The van der Waals surface area contributed by atoms with Crippen LogP contribution in [-0.2, 0) is 4.79 Å². The first kappa shape index (κ1) is 7.25. The summed E-state index contributed by atoms with van der Waals surface area (Å²) in [6.07, 6.45) is 3.73.